The molecule has 1 aliphatic rings. The van der Waals surface area contributed by atoms with E-state index in [0.717, 1.165) is 20.9 Å². The SMILES string of the molecule is COc1ccc2c(c1)s/c(=N/NC(=S)NC(=O)CN1C(=O)CCC1=O)n2C. The van der Waals surface area contributed by atoms with Gasteiger partial charge in [-0.1, -0.05) is 11.3 Å². The normalized spacial score (nSPS) is 14.7. The van der Waals surface area contributed by atoms with Crippen LogP contribution < -0.4 is 20.3 Å². The summed E-state index contributed by atoms with van der Waals surface area (Å²) >= 11 is 6.47. The van der Waals surface area contributed by atoms with Crippen LogP contribution in [0.15, 0.2) is 23.3 Å². The van der Waals surface area contributed by atoms with Gasteiger partial charge in [-0.25, -0.2) is 0 Å². The molecule has 2 aromatic rings. The molecule has 1 aromatic heterocycles. The summed E-state index contributed by atoms with van der Waals surface area (Å²) in [6, 6.07) is 5.69. The summed E-state index contributed by atoms with van der Waals surface area (Å²) in [6.07, 6.45) is 0.273. The molecule has 0 radical (unpaired) electrons. The van der Waals surface area contributed by atoms with E-state index in [1.165, 1.54) is 11.3 Å². The van der Waals surface area contributed by atoms with E-state index in [4.69, 9.17) is 17.0 Å². The summed E-state index contributed by atoms with van der Waals surface area (Å²) in [5, 5.41) is 6.59. The largest absolute Gasteiger partial charge is 0.497 e. The number of nitrogens with zero attached hydrogens (tertiary/aromatic N) is 3. The molecule has 3 rings (SSSR count). The minimum Gasteiger partial charge on any atom is -0.497 e. The minimum atomic E-state index is -0.559. The van der Waals surface area contributed by atoms with Crippen LogP contribution in [-0.4, -0.2) is 46.0 Å². The lowest BCUT2D eigenvalue weighted by Gasteiger charge is -2.13. The zero-order valence-corrected chi connectivity index (χ0v) is 16.3. The Morgan fingerprint density at radius 2 is 2.04 bits per heavy atom. The summed E-state index contributed by atoms with van der Waals surface area (Å²) < 4.78 is 8.07. The average molecular weight is 407 g/mol. The monoisotopic (exact) mass is 407 g/mol. The maximum Gasteiger partial charge on any atom is 0.246 e. The van der Waals surface area contributed by atoms with Crippen molar-refractivity contribution in [2.45, 2.75) is 12.8 Å². The molecule has 0 saturated carbocycles. The zero-order valence-electron chi connectivity index (χ0n) is 14.6. The zero-order chi connectivity index (χ0) is 19.6. The summed E-state index contributed by atoms with van der Waals surface area (Å²) in [6.45, 7) is -0.351. The third kappa shape index (κ3) is 4.14. The number of carbonyl (C=O) groups is 3. The number of ether oxygens (including phenoxy) is 1. The van der Waals surface area contributed by atoms with E-state index >= 15 is 0 Å². The fraction of sp³-hybridized carbons (Fsp3) is 0.312. The second-order valence-corrected chi connectivity index (χ2v) is 7.17. The topological polar surface area (TPSA) is 105 Å². The van der Waals surface area contributed by atoms with Crippen molar-refractivity contribution in [3.63, 3.8) is 0 Å². The van der Waals surface area contributed by atoms with Crippen LogP contribution in [0, 0.1) is 0 Å². The van der Waals surface area contributed by atoms with Crippen molar-refractivity contribution in [2.24, 2.45) is 12.1 Å². The number of likely N-dealkylation sites (tertiary alicyclic amines) is 1. The number of imide groups is 1. The number of amides is 3. The molecule has 11 heteroatoms. The van der Waals surface area contributed by atoms with E-state index in [-0.39, 0.29) is 36.3 Å². The first-order valence-corrected chi connectivity index (χ1v) is 9.22. The van der Waals surface area contributed by atoms with Gasteiger partial charge in [0.05, 0.1) is 17.3 Å². The van der Waals surface area contributed by atoms with Gasteiger partial charge in [0.2, 0.25) is 22.5 Å². The van der Waals surface area contributed by atoms with E-state index in [9.17, 15) is 14.4 Å². The number of thiocarbonyl (C=S) groups is 1. The van der Waals surface area contributed by atoms with Crippen LogP contribution in [0.2, 0.25) is 0 Å². The van der Waals surface area contributed by atoms with Crippen molar-refractivity contribution in [2.75, 3.05) is 13.7 Å². The number of fused-ring (bicyclic) bond motifs is 1. The highest BCUT2D eigenvalue weighted by atomic mass is 32.1. The van der Waals surface area contributed by atoms with Crippen LogP contribution in [-0.2, 0) is 21.4 Å². The Labute approximate surface area is 163 Å². The lowest BCUT2D eigenvalue weighted by Crippen LogP contribution is -2.45. The van der Waals surface area contributed by atoms with Crippen molar-refractivity contribution < 1.29 is 19.1 Å². The van der Waals surface area contributed by atoms with Gasteiger partial charge in [0.1, 0.15) is 12.3 Å². The molecule has 1 fully saturated rings. The van der Waals surface area contributed by atoms with Gasteiger partial charge in [0, 0.05) is 19.9 Å². The lowest BCUT2D eigenvalue weighted by atomic mass is 10.3. The van der Waals surface area contributed by atoms with Gasteiger partial charge >= 0.3 is 0 Å². The highest BCUT2D eigenvalue weighted by molar-refractivity contribution is 7.80. The molecule has 0 atom stereocenters. The minimum absolute atomic E-state index is 0.0193. The van der Waals surface area contributed by atoms with E-state index in [1.54, 1.807) is 7.11 Å². The number of methoxy groups -OCH3 is 1. The number of carbonyl (C=O) groups excluding carboxylic acids is 3. The Bertz CT molecular complexity index is 994. The molecule has 0 bridgehead atoms. The number of aromatic nitrogens is 1. The highest BCUT2D eigenvalue weighted by Gasteiger charge is 2.30. The van der Waals surface area contributed by atoms with Crippen LogP contribution in [0.5, 0.6) is 5.75 Å². The maximum absolute atomic E-state index is 11.9. The molecule has 1 aliphatic heterocycles. The molecule has 1 aromatic carbocycles. The Morgan fingerprint density at radius 1 is 1.33 bits per heavy atom. The number of aryl methyl sites for hydroxylation is 1. The molecule has 3 amide bonds. The fourth-order valence-corrected chi connectivity index (χ4v) is 3.75. The van der Waals surface area contributed by atoms with Crippen molar-refractivity contribution in [3.05, 3.63) is 23.0 Å². The van der Waals surface area contributed by atoms with Crippen molar-refractivity contribution in [1.82, 2.24) is 20.2 Å². The van der Waals surface area contributed by atoms with Crippen LogP contribution in [0.25, 0.3) is 10.2 Å². The van der Waals surface area contributed by atoms with E-state index in [0.29, 0.717) is 4.80 Å². The molecule has 9 nitrogen and oxygen atoms in total. The number of benzene rings is 1. The Hall–Kier alpha value is -2.79. The van der Waals surface area contributed by atoms with Crippen molar-refractivity contribution in [1.29, 1.82) is 0 Å². The quantitative estimate of drug-likeness (QED) is 0.426. The second-order valence-electron chi connectivity index (χ2n) is 5.75. The summed E-state index contributed by atoms with van der Waals surface area (Å²) in [5.74, 6) is -0.521. The Morgan fingerprint density at radius 3 is 2.70 bits per heavy atom. The first-order chi connectivity index (χ1) is 12.9. The van der Waals surface area contributed by atoms with Crippen LogP contribution >= 0.6 is 23.6 Å². The molecule has 27 heavy (non-hydrogen) atoms. The molecular weight excluding hydrogens is 390 g/mol. The number of rotatable bonds is 4. The number of hydrogen-bond donors (Lipinski definition) is 2. The predicted molar refractivity (Wildman–Crippen MR) is 103 cm³/mol. The molecule has 2 heterocycles. The molecular formula is C16H17N5O4S2. The highest BCUT2D eigenvalue weighted by Crippen LogP contribution is 2.22. The van der Waals surface area contributed by atoms with Gasteiger partial charge in [-0.15, -0.1) is 5.10 Å². The first kappa shape index (κ1) is 19.0. The van der Waals surface area contributed by atoms with Gasteiger partial charge in [0.25, 0.3) is 0 Å². The molecule has 1 saturated heterocycles. The van der Waals surface area contributed by atoms with E-state index in [1.807, 2.05) is 29.8 Å². The first-order valence-electron chi connectivity index (χ1n) is 7.99. The molecule has 0 unspecified atom stereocenters. The molecule has 142 valence electrons. The summed E-state index contributed by atoms with van der Waals surface area (Å²) in [7, 11) is 3.46. The number of thiazole rings is 1. The Balaban J connectivity index is 1.65. The van der Waals surface area contributed by atoms with E-state index in [2.05, 4.69) is 15.8 Å². The molecule has 0 spiro atoms. The maximum atomic E-state index is 11.9. The van der Waals surface area contributed by atoms with Crippen LogP contribution in [0.1, 0.15) is 12.8 Å². The van der Waals surface area contributed by atoms with Gasteiger partial charge in [-0.3, -0.25) is 24.7 Å². The summed E-state index contributed by atoms with van der Waals surface area (Å²) in [4.78, 5) is 36.6. The van der Waals surface area contributed by atoms with Crippen molar-refractivity contribution >= 4 is 56.6 Å². The van der Waals surface area contributed by atoms with Gasteiger partial charge in [-0.2, -0.15) is 0 Å². The summed E-state index contributed by atoms with van der Waals surface area (Å²) in [5.41, 5.74) is 3.58. The van der Waals surface area contributed by atoms with Crippen molar-refractivity contribution in [3.8, 4) is 5.75 Å². The van der Waals surface area contributed by atoms with E-state index < -0.39 is 5.91 Å². The van der Waals surface area contributed by atoms with Gasteiger partial charge in [0.15, 0.2) is 5.11 Å². The molecule has 0 aliphatic carbocycles. The van der Waals surface area contributed by atoms with Gasteiger partial charge < -0.3 is 14.6 Å². The second kappa shape index (κ2) is 7.84. The smallest absolute Gasteiger partial charge is 0.246 e. The fourth-order valence-electron chi connectivity index (χ4n) is 2.58. The third-order valence-corrected chi connectivity index (χ3v) is 5.27. The van der Waals surface area contributed by atoms with Crippen LogP contribution in [0.4, 0.5) is 0 Å². The number of hydrogen-bond acceptors (Lipinski definition) is 7. The number of nitrogens with one attached hydrogen (secondary N) is 2. The van der Waals surface area contributed by atoms with Crippen LogP contribution in [0.3, 0.4) is 0 Å². The molecule has 2 N–H and O–H groups in total. The standard InChI is InChI=1S/C16H17N5O4S2/c1-20-10-4-3-9(25-2)7-11(10)27-16(20)19-18-15(26)17-12(22)8-21-13(23)5-6-14(21)24/h3-4,7H,5-6,8H2,1-2H3,(H2,17,18,22,26)/b19-16+. The lowest BCUT2D eigenvalue weighted by molar-refractivity contribution is -0.142. The predicted octanol–water partition coefficient (Wildman–Crippen LogP) is 0.204. The third-order valence-electron chi connectivity index (χ3n) is 3.98. The van der Waals surface area contributed by atoms with Gasteiger partial charge in [-0.05, 0) is 30.4 Å². The average Bonchev–Trinajstić information content (AvgIpc) is 3.13. The Kier molecular flexibility index (Phi) is 5.51.